The van der Waals surface area contributed by atoms with Gasteiger partial charge in [-0.3, -0.25) is 4.79 Å². The molecule has 0 unspecified atom stereocenters. The van der Waals surface area contributed by atoms with Gasteiger partial charge in [0, 0.05) is 6.07 Å². The summed E-state index contributed by atoms with van der Waals surface area (Å²) in [5.74, 6) is -2.78. The van der Waals surface area contributed by atoms with Gasteiger partial charge < -0.3 is 19.7 Å². The van der Waals surface area contributed by atoms with Gasteiger partial charge in [-0.05, 0) is 6.07 Å². The summed E-state index contributed by atoms with van der Waals surface area (Å²) >= 11 is 0. The van der Waals surface area contributed by atoms with Crippen LogP contribution in [-0.4, -0.2) is 28.8 Å². The molecule has 0 saturated carbocycles. The van der Waals surface area contributed by atoms with Gasteiger partial charge in [-0.15, -0.1) is 0 Å². The minimum absolute atomic E-state index is 0.0557. The fraction of sp³-hybridized carbons (Fsp3) is 0.111. The maximum absolute atomic E-state index is 11.2. The van der Waals surface area contributed by atoms with E-state index in [0.717, 1.165) is 6.07 Å². The number of fused-ring (bicyclic) bond motifs is 1. The van der Waals surface area contributed by atoms with Gasteiger partial charge in [0.15, 0.2) is 11.5 Å². The highest BCUT2D eigenvalue weighted by atomic mass is 16.7. The third-order valence-electron chi connectivity index (χ3n) is 1.90. The molecule has 1 aromatic carbocycles. The number of benzene rings is 1. The standard InChI is InChI=1S/C9H6O6/c10-4-1-5(7(11)9(12)13)8-6(2-4)14-3-15-8/h1-2,10H,3H2,(H,12,13). The molecule has 1 aromatic rings. The quantitative estimate of drug-likeness (QED) is 0.541. The van der Waals surface area contributed by atoms with E-state index in [1.54, 1.807) is 0 Å². The second-order valence-corrected chi connectivity index (χ2v) is 2.86. The molecule has 6 heteroatoms. The molecule has 0 radical (unpaired) electrons. The smallest absolute Gasteiger partial charge is 0.377 e. The highest BCUT2D eigenvalue weighted by molar-refractivity contribution is 6.40. The molecule has 1 aliphatic rings. The summed E-state index contributed by atoms with van der Waals surface area (Å²) < 4.78 is 9.86. The number of carbonyl (C=O) groups is 2. The molecule has 2 N–H and O–H groups in total. The summed E-state index contributed by atoms with van der Waals surface area (Å²) in [6.45, 7) is -0.0985. The van der Waals surface area contributed by atoms with Crippen molar-refractivity contribution in [1.82, 2.24) is 0 Å². The Morgan fingerprint density at radius 3 is 2.67 bits per heavy atom. The SMILES string of the molecule is O=C(O)C(=O)c1cc(O)cc2c1OCO2. The van der Waals surface area contributed by atoms with Crippen molar-refractivity contribution >= 4 is 11.8 Å². The zero-order chi connectivity index (χ0) is 11.0. The van der Waals surface area contributed by atoms with Crippen LogP contribution < -0.4 is 9.47 Å². The van der Waals surface area contributed by atoms with Gasteiger partial charge in [-0.25, -0.2) is 4.79 Å². The number of phenolic OH excluding ortho intramolecular Hbond substituents is 1. The van der Waals surface area contributed by atoms with Crippen molar-refractivity contribution in [1.29, 1.82) is 0 Å². The number of aliphatic carboxylic acids is 1. The third-order valence-corrected chi connectivity index (χ3v) is 1.90. The Morgan fingerprint density at radius 2 is 2.00 bits per heavy atom. The van der Waals surface area contributed by atoms with Crippen LogP contribution in [-0.2, 0) is 4.79 Å². The molecule has 0 atom stereocenters. The largest absolute Gasteiger partial charge is 0.508 e. The molecule has 0 amide bonds. The average molecular weight is 210 g/mol. The Bertz CT molecular complexity index is 450. The second-order valence-electron chi connectivity index (χ2n) is 2.86. The zero-order valence-electron chi connectivity index (χ0n) is 7.39. The first kappa shape index (κ1) is 9.32. The number of hydrogen-bond donors (Lipinski definition) is 2. The summed E-state index contributed by atoms with van der Waals surface area (Å²) in [6, 6.07) is 2.28. The number of ketones is 1. The Balaban J connectivity index is 2.56. The fourth-order valence-corrected chi connectivity index (χ4v) is 1.28. The average Bonchev–Trinajstić information content (AvgIpc) is 2.62. The summed E-state index contributed by atoms with van der Waals surface area (Å²) in [5.41, 5.74) is -0.213. The summed E-state index contributed by atoms with van der Waals surface area (Å²) in [6.07, 6.45) is 0. The molecular formula is C9H6O6. The van der Waals surface area contributed by atoms with Gasteiger partial charge in [-0.1, -0.05) is 0 Å². The van der Waals surface area contributed by atoms with Gasteiger partial charge in [0.2, 0.25) is 6.79 Å². The molecule has 0 aliphatic carbocycles. The normalized spacial score (nSPS) is 12.5. The van der Waals surface area contributed by atoms with E-state index in [9.17, 15) is 14.7 Å². The number of carboxylic acids is 1. The summed E-state index contributed by atoms with van der Waals surface area (Å²) in [7, 11) is 0. The van der Waals surface area contributed by atoms with Gasteiger partial charge >= 0.3 is 5.97 Å². The van der Waals surface area contributed by atoms with Crippen molar-refractivity contribution in [3.05, 3.63) is 17.7 Å². The lowest BCUT2D eigenvalue weighted by Crippen LogP contribution is -2.13. The van der Waals surface area contributed by atoms with Crippen LogP contribution in [0.4, 0.5) is 0 Å². The van der Waals surface area contributed by atoms with Crippen molar-refractivity contribution in [2.45, 2.75) is 0 Å². The van der Waals surface area contributed by atoms with Gasteiger partial charge in [-0.2, -0.15) is 0 Å². The highest BCUT2D eigenvalue weighted by Gasteiger charge is 2.27. The Morgan fingerprint density at radius 1 is 1.27 bits per heavy atom. The predicted molar refractivity (Wildman–Crippen MR) is 46.2 cm³/mol. The Labute approximate surface area is 83.7 Å². The molecule has 78 valence electrons. The lowest BCUT2D eigenvalue weighted by Gasteiger charge is -2.02. The van der Waals surface area contributed by atoms with E-state index in [1.165, 1.54) is 6.07 Å². The fourth-order valence-electron chi connectivity index (χ4n) is 1.28. The Hall–Kier alpha value is -2.24. The number of aromatic hydroxyl groups is 1. The van der Waals surface area contributed by atoms with Crippen LogP contribution in [0.25, 0.3) is 0 Å². The molecule has 6 nitrogen and oxygen atoms in total. The molecule has 0 fully saturated rings. The van der Waals surface area contributed by atoms with Gasteiger partial charge in [0.1, 0.15) is 5.75 Å². The van der Waals surface area contributed by atoms with Crippen molar-refractivity contribution in [2.24, 2.45) is 0 Å². The van der Waals surface area contributed by atoms with Crippen LogP contribution in [0.3, 0.4) is 0 Å². The minimum atomic E-state index is -1.61. The maximum Gasteiger partial charge on any atom is 0.377 e. The van der Waals surface area contributed by atoms with Crippen LogP contribution in [0, 0.1) is 0 Å². The van der Waals surface area contributed by atoms with Crippen LogP contribution >= 0.6 is 0 Å². The molecule has 0 saturated heterocycles. The van der Waals surface area contributed by atoms with Gasteiger partial charge in [0.25, 0.3) is 5.78 Å². The third kappa shape index (κ3) is 1.45. The van der Waals surface area contributed by atoms with E-state index in [-0.39, 0.29) is 29.6 Å². The monoisotopic (exact) mass is 210 g/mol. The first-order valence-electron chi connectivity index (χ1n) is 4.00. The van der Waals surface area contributed by atoms with Crippen LogP contribution in [0.1, 0.15) is 10.4 Å². The highest BCUT2D eigenvalue weighted by Crippen LogP contribution is 2.39. The van der Waals surface area contributed by atoms with Crippen molar-refractivity contribution in [2.75, 3.05) is 6.79 Å². The molecule has 1 heterocycles. The molecular weight excluding hydrogens is 204 g/mol. The lowest BCUT2D eigenvalue weighted by molar-refractivity contribution is -0.131. The van der Waals surface area contributed by atoms with E-state index >= 15 is 0 Å². The molecule has 1 aliphatic heterocycles. The molecule has 0 bridgehead atoms. The first-order chi connectivity index (χ1) is 7.09. The molecule has 2 rings (SSSR count). The summed E-state index contributed by atoms with van der Waals surface area (Å²) in [4.78, 5) is 21.7. The van der Waals surface area contributed by atoms with E-state index in [1.807, 2.05) is 0 Å². The molecule has 0 aromatic heterocycles. The Kier molecular flexibility index (Phi) is 1.96. The number of Topliss-reactive ketones (excluding diaryl/α,β-unsaturated/α-hetero) is 1. The van der Waals surface area contributed by atoms with Crippen molar-refractivity contribution in [3.63, 3.8) is 0 Å². The van der Waals surface area contributed by atoms with E-state index in [4.69, 9.17) is 14.6 Å². The number of carboxylic acid groups (broad SMARTS) is 1. The summed E-state index contributed by atoms with van der Waals surface area (Å²) in [5, 5.41) is 17.8. The van der Waals surface area contributed by atoms with Crippen LogP contribution in [0.15, 0.2) is 12.1 Å². The van der Waals surface area contributed by atoms with Crippen molar-refractivity contribution in [3.8, 4) is 17.2 Å². The lowest BCUT2D eigenvalue weighted by atomic mass is 10.1. The molecule has 15 heavy (non-hydrogen) atoms. The van der Waals surface area contributed by atoms with Crippen LogP contribution in [0.2, 0.25) is 0 Å². The number of phenols is 1. The molecule has 0 spiro atoms. The first-order valence-corrected chi connectivity index (χ1v) is 4.00. The van der Waals surface area contributed by atoms with E-state index < -0.39 is 11.8 Å². The van der Waals surface area contributed by atoms with Crippen molar-refractivity contribution < 1.29 is 29.3 Å². The number of carbonyl (C=O) groups excluding carboxylic acids is 1. The number of hydrogen-bond acceptors (Lipinski definition) is 5. The van der Waals surface area contributed by atoms with Crippen LogP contribution in [0.5, 0.6) is 17.2 Å². The zero-order valence-corrected chi connectivity index (χ0v) is 7.39. The second kappa shape index (κ2) is 3.16. The van der Waals surface area contributed by atoms with E-state index in [0.29, 0.717) is 0 Å². The number of ether oxygens (including phenoxy) is 2. The predicted octanol–water partition coefficient (Wildman–Crippen LogP) is 0.388. The van der Waals surface area contributed by atoms with E-state index in [2.05, 4.69) is 0 Å². The maximum atomic E-state index is 11.2. The topological polar surface area (TPSA) is 93.1 Å². The van der Waals surface area contributed by atoms with Gasteiger partial charge in [0.05, 0.1) is 5.56 Å². The minimum Gasteiger partial charge on any atom is -0.508 e. The number of rotatable bonds is 2.